The molecule has 0 N–H and O–H groups in total. The molecule has 13 rings (SSSR count). The lowest BCUT2D eigenvalue weighted by molar-refractivity contribution is 0.794. The van der Waals surface area contributed by atoms with E-state index in [1.807, 2.05) is 11.3 Å². The van der Waals surface area contributed by atoms with Gasteiger partial charge in [0.1, 0.15) is 0 Å². The van der Waals surface area contributed by atoms with Gasteiger partial charge in [-0.1, -0.05) is 152 Å². The van der Waals surface area contributed by atoms with Gasteiger partial charge in [-0.25, -0.2) is 9.97 Å². The quantitative estimate of drug-likeness (QED) is 0.168. The van der Waals surface area contributed by atoms with E-state index in [1.165, 1.54) is 75.8 Å². The van der Waals surface area contributed by atoms with Crippen LogP contribution in [0.4, 0.5) is 0 Å². The minimum atomic E-state index is -0.396. The van der Waals surface area contributed by atoms with Gasteiger partial charge >= 0.3 is 0 Å². The number of rotatable bonds is 3. The van der Waals surface area contributed by atoms with E-state index in [2.05, 4.69) is 194 Å². The SMILES string of the molecule is c1cc(-c2ccc3sc4ccccc4c3c2)cc(-c2ccc3ccc4ccc(-c5ccc6c(c5)C5(c7ccccc7-c7ccccc75)c5ccccc5-6)nc4c3n2)c1. The molecule has 0 saturated carbocycles. The van der Waals surface area contributed by atoms with Gasteiger partial charge in [-0.3, -0.25) is 0 Å². The fourth-order valence-electron chi connectivity index (χ4n) is 10.1. The molecular formula is C55H32N2S. The normalized spacial score (nSPS) is 13.3. The number of nitrogens with zero attached hydrogens (tertiary/aromatic N) is 2. The van der Waals surface area contributed by atoms with Crippen LogP contribution in [-0.4, -0.2) is 9.97 Å². The lowest BCUT2D eigenvalue weighted by atomic mass is 9.70. The van der Waals surface area contributed by atoms with Gasteiger partial charge in [-0.15, -0.1) is 11.3 Å². The third-order valence-electron chi connectivity index (χ3n) is 12.7. The highest BCUT2D eigenvalue weighted by molar-refractivity contribution is 7.25. The molecule has 2 aliphatic carbocycles. The molecule has 58 heavy (non-hydrogen) atoms. The molecule has 0 unspecified atom stereocenters. The van der Waals surface area contributed by atoms with Crippen molar-refractivity contribution >= 4 is 53.3 Å². The second-order valence-corrected chi connectivity index (χ2v) is 16.7. The van der Waals surface area contributed by atoms with E-state index in [0.717, 1.165) is 44.3 Å². The largest absolute Gasteiger partial charge is 0.245 e. The zero-order chi connectivity index (χ0) is 38.0. The Morgan fingerprint density at radius 3 is 1.50 bits per heavy atom. The summed E-state index contributed by atoms with van der Waals surface area (Å²) in [5.74, 6) is 0. The van der Waals surface area contributed by atoms with Crippen LogP contribution in [0.1, 0.15) is 22.3 Å². The first-order chi connectivity index (χ1) is 28.7. The Morgan fingerprint density at radius 2 is 0.828 bits per heavy atom. The summed E-state index contributed by atoms with van der Waals surface area (Å²) in [4.78, 5) is 10.8. The topological polar surface area (TPSA) is 25.8 Å². The van der Waals surface area contributed by atoms with E-state index in [9.17, 15) is 0 Å². The molecule has 0 atom stereocenters. The molecule has 1 spiro atoms. The molecule has 2 nitrogen and oxygen atoms in total. The van der Waals surface area contributed by atoms with Crippen LogP contribution in [-0.2, 0) is 5.41 Å². The summed E-state index contributed by atoms with van der Waals surface area (Å²) in [5, 5.41) is 4.78. The second-order valence-electron chi connectivity index (χ2n) is 15.6. The zero-order valence-electron chi connectivity index (χ0n) is 31.3. The molecule has 0 bridgehead atoms. The maximum absolute atomic E-state index is 5.44. The maximum atomic E-state index is 5.44. The molecule has 0 amide bonds. The maximum Gasteiger partial charge on any atom is 0.0972 e. The van der Waals surface area contributed by atoms with E-state index in [-0.39, 0.29) is 0 Å². The van der Waals surface area contributed by atoms with Crippen LogP contribution in [0, 0.1) is 0 Å². The number of benzene rings is 8. The van der Waals surface area contributed by atoms with Crippen molar-refractivity contribution < 1.29 is 0 Å². The zero-order valence-corrected chi connectivity index (χ0v) is 32.1. The summed E-state index contributed by atoms with van der Waals surface area (Å²) >= 11 is 1.85. The summed E-state index contributed by atoms with van der Waals surface area (Å²) in [5.41, 5.74) is 18.5. The molecule has 0 radical (unpaired) electrons. The molecule has 0 aliphatic heterocycles. The second kappa shape index (κ2) is 11.9. The van der Waals surface area contributed by atoms with Crippen molar-refractivity contribution in [3.8, 4) is 55.9 Å². The number of hydrogen-bond donors (Lipinski definition) is 0. The molecular weight excluding hydrogens is 721 g/mol. The summed E-state index contributed by atoms with van der Waals surface area (Å²) < 4.78 is 2.64. The monoisotopic (exact) mass is 752 g/mol. The Balaban J connectivity index is 0.945. The van der Waals surface area contributed by atoms with Crippen LogP contribution in [0.3, 0.4) is 0 Å². The summed E-state index contributed by atoms with van der Waals surface area (Å²) in [6, 6.07) is 71.2. The number of pyridine rings is 2. The van der Waals surface area contributed by atoms with Crippen molar-refractivity contribution in [1.82, 2.24) is 9.97 Å². The fourth-order valence-corrected chi connectivity index (χ4v) is 11.2. The third kappa shape index (κ3) is 4.37. The van der Waals surface area contributed by atoms with Crippen molar-refractivity contribution in [2.75, 3.05) is 0 Å². The molecule has 0 saturated heterocycles. The number of hydrogen-bond acceptors (Lipinski definition) is 3. The van der Waals surface area contributed by atoms with Gasteiger partial charge < -0.3 is 0 Å². The van der Waals surface area contributed by atoms with Crippen LogP contribution >= 0.6 is 11.3 Å². The van der Waals surface area contributed by atoms with Crippen LogP contribution in [0.25, 0.3) is 97.9 Å². The van der Waals surface area contributed by atoms with E-state index >= 15 is 0 Å². The lowest BCUT2D eigenvalue weighted by Gasteiger charge is -2.30. The molecule has 268 valence electrons. The van der Waals surface area contributed by atoms with Crippen molar-refractivity contribution in [1.29, 1.82) is 0 Å². The third-order valence-corrected chi connectivity index (χ3v) is 13.8. The molecule has 3 heterocycles. The van der Waals surface area contributed by atoms with Crippen LogP contribution in [0.2, 0.25) is 0 Å². The average Bonchev–Trinajstić information content (AvgIpc) is 3.92. The molecule has 3 heteroatoms. The Kier molecular flexibility index (Phi) is 6.56. The van der Waals surface area contributed by atoms with Crippen LogP contribution < -0.4 is 0 Å². The van der Waals surface area contributed by atoms with Crippen molar-refractivity contribution in [3.63, 3.8) is 0 Å². The first kappa shape index (κ1) is 31.9. The number of fused-ring (bicyclic) bond motifs is 16. The van der Waals surface area contributed by atoms with E-state index in [0.29, 0.717) is 0 Å². The van der Waals surface area contributed by atoms with Gasteiger partial charge in [-0.2, -0.15) is 0 Å². The molecule has 2 aliphatic rings. The molecule has 3 aromatic heterocycles. The van der Waals surface area contributed by atoms with Gasteiger partial charge in [0.05, 0.1) is 27.8 Å². The number of thiophene rings is 1. The Hall–Kier alpha value is -7.20. The smallest absolute Gasteiger partial charge is 0.0972 e. The number of aromatic nitrogens is 2. The Morgan fingerprint density at radius 1 is 0.328 bits per heavy atom. The average molecular weight is 753 g/mol. The lowest BCUT2D eigenvalue weighted by Crippen LogP contribution is -2.25. The van der Waals surface area contributed by atoms with Crippen molar-refractivity contribution in [3.05, 3.63) is 216 Å². The molecule has 8 aromatic carbocycles. The highest BCUT2D eigenvalue weighted by Crippen LogP contribution is 2.63. The summed E-state index contributed by atoms with van der Waals surface area (Å²) in [7, 11) is 0. The Bertz CT molecular complexity index is 3470. The first-order valence-electron chi connectivity index (χ1n) is 19.9. The summed E-state index contributed by atoms with van der Waals surface area (Å²) in [6.07, 6.45) is 0. The van der Waals surface area contributed by atoms with Gasteiger partial charge in [0, 0.05) is 42.1 Å². The first-order valence-corrected chi connectivity index (χ1v) is 20.7. The van der Waals surface area contributed by atoms with E-state index < -0.39 is 5.41 Å². The van der Waals surface area contributed by atoms with Gasteiger partial charge in [-0.05, 0) is 98.1 Å². The minimum absolute atomic E-state index is 0.396. The minimum Gasteiger partial charge on any atom is -0.245 e. The van der Waals surface area contributed by atoms with E-state index in [4.69, 9.17) is 9.97 Å². The molecule has 11 aromatic rings. The van der Waals surface area contributed by atoms with Crippen molar-refractivity contribution in [2.24, 2.45) is 0 Å². The predicted octanol–water partition coefficient (Wildman–Crippen LogP) is 14.5. The van der Waals surface area contributed by atoms with Gasteiger partial charge in [0.25, 0.3) is 0 Å². The van der Waals surface area contributed by atoms with Gasteiger partial charge in [0.2, 0.25) is 0 Å². The summed E-state index contributed by atoms with van der Waals surface area (Å²) in [6.45, 7) is 0. The standard InChI is InChI=1S/C55H32N2S/c1-5-16-45-39(12-1)40-13-2-6-17-46(40)55(45)47-18-7-3-14-41(47)42-26-22-38(32-48(42)55)50-28-24-34-21-20-33-23-27-49(56-53(33)54(34)57-50)37-11-9-10-35(30-37)36-25-29-52-44(31-36)43-15-4-8-19-51(43)58-52/h1-32H. The Labute approximate surface area is 339 Å². The van der Waals surface area contributed by atoms with Crippen LogP contribution in [0.5, 0.6) is 0 Å². The fraction of sp³-hybridized carbons (Fsp3) is 0.0182. The van der Waals surface area contributed by atoms with Gasteiger partial charge in [0.15, 0.2) is 0 Å². The molecule has 0 fully saturated rings. The highest BCUT2D eigenvalue weighted by Gasteiger charge is 2.51. The van der Waals surface area contributed by atoms with Crippen molar-refractivity contribution in [2.45, 2.75) is 5.41 Å². The van der Waals surface area contributed by atoms with E-state index in [1.54, 1.807) is 0 Å². The predicted molar refractivity (Wildman–Crippen MR) is 243 cm³/mol. The van der Waals surface area contributed by atoms with Crippen LogP contribution in [0.15, 0.2) is 194 Å². The highest BCUT2D eigenvalue weighted by atomic mass is 32.1.